The number of nitrogens with one attached hydrogen (secondary N) is 2. The lowest BCUT2D eigenvalue weighted by atomic mass is 10.0. The van der Waals surface area contributed by atoms with E-state index in [1.807, 2.05) is 32.2 Å². The van der Waals surface area contributed by atoms with Crippen LogP contribution in [0.2, 0.25) is 0 Å². The van der Waals surface area contributed by atoms with Crippen LogP contribution in [0.4, 0.5) is 0 Å². The number of carbonyl (C=O) groups is 1. The van der Waals surface area contributed by atoms with E-state index in [1.165, 1.54) is 18.4 Å². The maximum Gasteiger partial charge on any atom is 0.251 e. The number of benzene rings is 1. The molecule has 0 bridgehead atoms. The second-order valence-electron chi connectivity index (χ2n) is 4.77. The maximum absolute atomic E-state index is 11.7. The lowest BCUT2D eigenvalue weighted by Gasteiger charge is -2.14. The number of likely N-dealkylation sites (N-methyl/N-ethyl adjacent to an activating group) is 1. The highest BCUT2D eigenvalue weighted by molar-refractivity contribution is 5.94. The first-order valence-electron chi connectivity index (χ1n) is 6.25. The van der Waals surface area contributed by atoms with Gasteiger partial charge in [0, 0.05) is 17.6 Å². The van der Waals surface area contributed by atoms with E-state index >= 15 is 0 Å². The van der Waals surface area contributed by atoms with Crippen molar-refractivity contribution in [2.45, 2.75) is 31.7 Å². The van der Waals surface area contributed by atoms with E-state index in [-0.39, 0.29) is 5.91 Å². The molecule has 0 radical (unpaired) electrons. The Morgan fingerprint density at radius 3 is 2.76 bits per heavy atom. The first-order valence-corrected chi connectivity index (χ1v) is 6.25. The molecule has 2 rings (SSSR count). The maximum atomic E-state index is 11.7. The van der Waals surface area contributed by atoms with Gasteiger partial charge in [-0.05, 0) is 50.9 Å². The van der Waals surface area contributed by atoms with E-state index in [1.54, 1.807) is 0 Å². The molecule has 1 aromatic rings. The van der Waals surface area contributed by atoms with Gasteiger partial charge in [0.2, 0.25) is 0 Å². The molecule has 1 aliphatic rings. The number of amides is 1. The second kappa shape index (κ2) is 4.88. The molecule has 0 heterocycles. The predicted octanol–water partition coefficient (Wildman–Crippen LogP) is 1.73. The molecule has 17 heavy (non-hydrogen) atoms. The summed E-state index contributed by atoms with van der Waals surface area (Å²) in [7, 11) is 2.01. The van der Waals surface area contributed by atoms with E-state index < -0.39 is 0 Å². The van der Waals surface area contributed by atoms with Crippen LogP contribution in [-0.4, -0.2) is 25.0 Å². The van der Waals surface area contributed by atoms with E-state index in [2.05, 4.69) is 16.7 Å². The van der Waals surface area contributed by atoms with Crippen LogP contribution in [0.5, 0.6) is 0 Å². The average Bonchev–Trinajstić information content (AvgIpc) is 3.10. The molecule has 3 heteroatoms. The van der Waals surface area contributed by atoms with E-state index in [9.17, 15) is 4.79 Å². The smallest absolute Gasteiger partial charge is 0.251 e. The normalized spacial score (nSPS) is 16.6. The molecule has 0 aliphatic heterocycles. The Morgan fingerprint density at radius 2 is 2.18 bits per heavy atom. The standard InChI is InChI=1S/C14H20N2O/c1-3-16-13(17)12-6-4-5-11(9-12)10-14(15-2)7-8-14/h4-6,9,15H,3,7-8,10H2,1-2H3,(H,16,17). The lowest BCUT2D eigenvalue weighted by Crippen LogP contribution is -2.29. The Morgan fingerprint density at radius 1 is 1.41 bits per heavy atom. The Bertz CT molecular complexity index is 410. The third-order valence-electron chi connectivity index (χ3n) is 3.45. The molecule has 1 aliphatic carbocycles. The molecule has 1 fully saturated rings. The van der Waals surface area contributed by atoms with Crippen LogP contribution in [-0.2, 0) is 6.42 Å². The number of rotatable bonds is 5. The van der Waals surface area contributed by atoms with Gasteiger partial charge in [-0.1, -0.05) is 12.1 Å². The van der Waals surface area contributed by atoms with Crippen molar-refractivity contribution in [1.82, 2.24) is 10.6 Å². The van der Waals surface area contributed by atoms with Crippen molar-refractivity contribution < 1.29 is 4.79 Å². The monoisotopic (exact) mass is 232 g/mol. The number of hydrogen-bond acceptors (Lipinski definition) is 2. The first-order chi connectivity index (χ1) is 8.19. The third-order valence-corrected chi connectivity index (χ3v) is 3.45. The van der Waals surface area contributed by atoms with Gasteiger partial charge in [0.1, 0.15) is 0 Å². The van der Waals surface area contributed by atoms with Crippen molar-refractivity contribution in [1.29, 1.82) is 0 Å². The van der Waals surface area contributed by atoms with Gasteiger partial charge in [-0.25, -0.2) is 0 Å². The molecule has 0 saturated heterocycles. The molecule has 0 atom stereocenters. The fraction of sp³-hybridized carbons (Fsp3) is 0.500. The van der Waals surface area contributed by atoms with Crippen LogP contribution in [0, 0.1) is 0 Å². The third kappa shape index (κ3) is 2.86. The van der Waals surface area contributed by atoms with Gasteiger partial charge in [0.15, 0.2) is 0 Å². The van der Waals surface area contributed by atoms with Gasteiger partial charge >= 0.3 is 0 Å². The highest BCUT2D eigenvalue weighted by Crippen LogP contribution is 2.38. The average molecular weight is 232 g/mol. The zero-order valence-corrected chi connectivity index (χ0v) is 10.5. The fourth-order valence-electron chi connectivity index (χ4n) is 2.14. The summed E-state index contributed by atoms with van der Waals surface area (Å²) < 4.78 is 0. The summed E-state index contributed by atoms with van der Waals surface area (Å²) in [6.45, 7) is 2.60. The van der Waals surface area contributed by atoms with Gasteiger partial charge in [0.25, 0.3) is 5.91 Å². The predicted molar refractivity (Wildman–Crippen MR) is 69.2 cm³/mol. The highest BCUT2D eigenvalue weighted by atomic mass is 16.1. The van der Waals surface area contributed by atoms with Crippen LogP contribution in [0.1, 0.15) is 35.7 Å². The molecule has 1 aromatic carbocycles. The van der Waals surface area contributed by atoms with Crippen LogP contribution in [0.15, 0.2) is 24.3 Å². The molecule has 0 aromatic heterocycles. The zero-order chi connectivity index (χ0) is 12.3. The summed E-state index contributed by atoms with van der Waals surface area (Å²) in [5, 5.41) is 6.20. The van der Waals surface area contributed by atoms with Gasteiger partial charge in [-0.2, -0.15) is 0 Å². The van der Waals surface area contributed by atoms with E-state index in [0.29, 0.717) is 12.1 Å². The molecule has 0 spiro atoms. The van der Waals surface area contributed by atoms with Crippen molar-refractivity contribution in [2.24, 2.45) is 0 Å². The van der Waals surface area contributed by atoms with Crippen LogP contribution in [0.25, 0.3) is 0 Å². The largest absolute Gasteiger partial charge is 0.352 e. The minimum atomic E-state index is 0.0173. The second-order valence-corrected chi connectivity index (χ2v) is 4.77. The topological polar surface area (TPSA) is 41.1 Å². The van der Waals surface area contributed by atoms with Crippen LogP contribution < -0.4 is 10.6 Å². The summed E-state index contributed by atoms with van der Waals surface area (Å²) in [6, 6.07) is 7.93. The minimum absolute atomic E-state index is 0.0173. The minimum Gasteiger partial charge on any atom is -0.352 e. The molecular formula is C14H20N2O. The molecule has 92 valence electrons. The van der Waals surface area contributed by atoms with Crippen LogP contribution >= 0.6 is 0 Å². The van der Waals surface area contributed by atoms with Gasteiger partial charge in [-0.3, -0.25) is 4.79 Å². The summed E-state index contributed by atoms with van der Waals surface area (Å²) >= 11 is 0. The Labute approximate surface area is 103 Å². The van der Waals surface area contributed by atoms with E-state index in [4.69, 9.17) is 0 Å². The quantitative estimate of drug-likeness (QED) is 0.811. The van der Waals surface area contributed by atoms with Crippen LogP contribution in [0.3, 0.4) is 0 Å². The molecule has 1 amide bonds. The SMILES string of the molecule is CCNC(=O)c1cccc(CC2(NC)CC2)c1. The van der Waals surface area contributed by atoms with Crippen molar-refractivity contribution in [3.8, 4) is 0 Å². The summed E-state index contributed by atoms with van der Waals surface area (Å²) in [5.41, 5.74) is 2.29. The van der Waals surface area contributed by atoms with Gasteiger partial charge in [-0.15, -0.1) is 0 Å². The zero-order valence-electron chi connectivity index (χ0n) is 10.5. The summed E-state index contributed by atoms with van der Waals surface area (Å²) in [4.78, 5) is 11.7. The highest BCUT2D eigenvalue weighted by Gasteiger charge is 2.40. The summed E-state index contributed by atoms with van der Waals surface area (Å²) in [6.07, 6.45) is 3.47. The van der Waals surface area contributed by atoms with Gasteiger partial charge < -0.3 is 10.6 Å². The fourth-order valence-corrected chi connectivity index (χ4v) is 2.14. The Balaban J connectivity index is 2.09. The number of carbonyl (C=O) groups excluding carboxylic acids is 1. The van der Waals surface area contributed by atoms with Crippen molar-refractivity contribution in [2.75, 3.05) is 13.6 Å². The van der Waals surface area contributed by atoms with Crippen molar-refractivity contribution in [3.63, 3.8) is 0 Å². The van der Waals surface area contributed by atoms with Gasteiger partial charge in [0.05, 0.1) is 0 Å². The summed E-state index contributed by atoms with van der Waals surface area (Å²) in [5.74, 6) is 0.0173. The Hall–Kier alpha value is -1.35. The molecule has 1 saturated carbocycles. The molecular weight excluding hydrogens is 212 g/mol. The molecule has 3 nitrogen and oxygen atoms in total. The molecule has 0 unspecified atom stereocenters. The van der Waals surface area contributed by atoms with Crippen molar-refractivity contribution >= 4 is 5.91 Å². The van der Waals surface area contributed by atoms with E-state index in [0.717, 1.165) is 12.0 Å². The first kappa shape index (κ1) is 12.1. The lowest BCUT2D eigenvalue weighted by molar-refractivity contribution is 0.0955. The molecule has 2 N–H and O–H groups in total. The van der Waals surface area contributed by atoms with Crippen molar-refractivity contribution in [3.05, 3.63) is 35.4 Å². The Kier molecular flexibility index (Phi) is 3.48. The number of hydrogen-bond donors (Lipinski definition) is 2.